The second-order valence-corrected chi connectivity index (χ2v) is 9.10. The average molecular weight is 510 g/mol. The number of nitrogen functional groups attached to an aromatic ring is 1. The van der Waals surface area contributed by atoms with Gasteiger partial charge in [0.1, 0.15) is 11.9 Å². The van der Waals surface area contributed by atoms with Crippen LogP contribution in [-0.4, -0.2) is 17.1 Å². The third kappa shape index (κ3) is 6.91. The van der Waals surface area contributed by atoms with Gasteiger partial charge in [-0.05, 0) is 66.1 Å². The van der Waals surface area contributed by atoms with Crippen LogP contribution in [0.3, 0.4) is 0 Å². The number of hydrogen-bond acceptors (Lipinski definition) is 5. The topological polar surface area (TPSA) is 114 Å². The number of anilines is 3. The van der Waals surface area contributed by atoms with Crippen molar-refractivity contribution in [2.75, 3.05) is 16.4 Å². The van der Waals surface area contributed by atoms with E-state index in [9.17, 15) is 14.7 Å². The Labute approximate surface area is 221 Å². The molecule has 0 aliphatic carbocycles. The Morgan fingerprint density at radius 1 is 0.895 bits per heavy atom. The van der Waals surface area contributed by atoms with Gasteiger partial charge in [-0.25, -0.2) is 4.79 Å². The Kier molecular flexibility index (Phi) is 8.61. The van der Waals surface area contributed by atoms with Crippen molar-refractivity contribution >= 4 is 39.8 Å². The lowest BCUT2D eigenvalue weighted by Crippen LogP contribution is -2.22. The van der Waals surface area contributed by atoms with Crippen LogP contribution in [0.4, 0.5) is 21.9 Å². The van der Waals surface area contributed by atoms with Gasteiger partial charge in [-0.15, -0.1) is 0 Å². The van der Waals surface area contributed by atoms with Crippen molar-refractivity contribution in [3.05, 3.63) is 109 Å². The van der Waals surface area contributed by atoms with Crippen LogP contribution in [0.25, 0.3) is 10.8 Å². The van der Waals surface area contributed by atoms with Crippen LogP contribution in [0.1, 0.15) is 31.4 Å². The number of phenolic OH excluding ortho intramolecular Hbond substituents is 1. The quantitative estimate of drug-likeness (QED) is 0.143. The highest BCUT2D eigenvalue weighted by Crippen LogP contribution is 2.32. The van der Waals surface area contributed by atoms with Crippen molar-refractivity contribution in [2.24, 2.45) is 5.92 Å². The first-order chi connectivity index (χ1) is 18.4. The molecule has 2 amide bonds. The van der Waals surface area contributed by atoms with Gasteiger partial charge in [0.05, 0.1) is 17.1 Å². The van der Waals surface area contributed by atoms with Gasteiger partial charge in [-0.2, -0.15) is 0 Å². The van der Waals surface area contributed by atoms with Gasteiger partial charge in [0.2, 0.25) is 5.91 Å². The number of hydrogen-bond donors (Lipinski definition) is 4. The molecule has 7 heteroatoms. The second kappa shape index (κ2) is 12.5. The number of fused-ring (bicyclic) bond motifs is 1. The van der Waals surface area contributed by atoms with Gasteiger partial charge in [0.15, 0.2) is 0 Å². The number of nitrogens with two attached hydrogens (primary N) is 1. The summed E-state index contributed by atoms with van der Waals surface area (Å²) >= 11 is 0. The zero-order chi connectivity index (χ0) is 26.9. The van der Waals surface area contributed by atoms with Crippen LogP contribution in [0.15, 0.2) is 103 Å². The van der Waals surface area contributed by atoms with Crippen LogP contribution in [0, 0.1) is 5.92 Å². The van der Waals surface area contributed by atoms with E-state index in [0.717, 1.165) is 16.3 Å². The predicted molar refractivity (Wildman–Crippen MR) is 152 cm³/mol. The molecule has 0 saturated carbocycles. The van der Waals surface area contributed by atoms with Gasteiger partial charge >= 0.3 is 6.09 Å². The number of nitrogens with one attached hydrogen (secondary N) is 2. The van der Waals surface area contributed by atoms with E-state index < -0.39 is 12.2 Å². The van der Waals surface area contributed by atoms with E-state index >= 15 is 0 Å². The number of carbonyl (C=O) groups excluding carboxylic acids is 2. The monoisotopic (exact) mass is 509 g/mol. The highest BCUT2D eigenvalue weighted by Gasteiger charge is 2.24. The van der Waals surface area contributed by atoms with Gasteiger partial charge in [0.25, 0.3) is 0 Å². The van der Waals surface area contributed by atoms with Gasteiger partial charge in [0, 0.05) is 5.39 Å². The first-order valence-corrected chi connectivity index (χ1v) is 12.5. The van der Waals surface area contributed by atoms with Crippen molar-refractivity contribution in [2.45, 2.75) is 25.9 Å². The Bertz CT molecular complexity index is 1430. The standard InChI is InChI=1S/C31H31N3O4/c1-21(9-2-7-16-29(36)33-28-14-6-5-13-26(28)32)30(23-17-19-24(35)20-18-23)38-31(37)34-27-15-8-11-22-10-3-4-12-25(22)27/h3-8,10-21,30,35H,2,9,32H2,1H3,(H,33,36)(H,34,37)/b16-7+/t21-,30-/m0/s1. The molecule has 0 aliphatic heterocycles. The summed E-state index contributed by atoms with van der Waals surface area (Å²) in [6.07, 6.45) is 3.39. The molecule has 194 valence electrons. The number of allylic oxidation sites excluding steroid dienone is 1. The molecule has 0 fully saturated rings. The van der Waals surface area contributed by atoms with Crippen LogP contribution in [0.5, 0.6) is 5.75 Å². The minimum Gasteiger partial charge on any atom is -0.508 e. The Morgan fingerprint density at radius 3 is 2.37 bits per heavy atom. The molecule has 0 saturated heterocycles. The molecule has 38 heavy (non-hydrogen) atoms. The summed E-state index contributed by atoms with van der Waals surface area (Å²) in [7, 11) is 0. The largest absolute Gasteiger partial charge is 0.508 e. The summed E-state index contributed by atoms with van der Waals surface area (Å²) in [5, 5.41) is 17.3. The smallest absolute Gasteiger partial charge is 0.412 e. The van der Waals surface area contributed by atoms with Crippen LogP contribution in [-0.2, 0) is 9.53 Å². The maximum atomic E-state index is 13.0. The molecule has 0 radical (unpaired) electrons. The molecule has 4 rings (SSSR count). The highest BCUT2D eigenvalue weighted by molar-refractivity contribution is 6.01. The van der Waals surface area contributed by atoms with E-state index in [1.807, 2.05) is 49.4 Å². The summed E-state index contributed by atoms with van der Waals surface area (Å²) < 4.78 is 5.91. The van der Waals surface area contributed by atoms with Gasteiger partial charge < -0.3 is 20.9 Å². The highest BCUT2D eigenvalue weighted by atomic mass is 16.6. The second-order valence-electron chi connectivity index (χ2n) is 9.10. The van der Waals surface area contributed by atoms with E-state index in [-0.39, 0.29) is 17.6 Å². The number of phenols is 1. The Morgan fingerprint density at radius 2 is 1.58 bits per heavy atom. The molecule has 0 aliphatic rings. The fourth-order valence-electron chi connectivity index (χ4n) is 4.25. The molecule has 0 aromatic heterocycles. The SMILES string of the molecule is C[C@@H](CC/C=C/C(=O)Nc1ccccc1N)[C@H](OC(=O)Nc1cccc2ccccc12)c1ccc(O)cc1. The lowest BCUT2D eigenvalue weighted by molar-refractivity contribution is -0.111. The van der Waals surface area contributed by atoms with Crippen LogP contribution >= 0.6 is 0 Å². The molecule has 0 unspecified atom stereocenters. The Hall–Kier alpha value is -4.78. The van der Waals surface area contributed by atoms with Crippen molar-refractivity contribution in [1.29, 1.82) is 0 Å². The van der Waals surface area contributed by atoms with Crippen LogP contribution < -0.4 is 16.4 Å². The van der Waals surface area contributed by atoms with Gasteiger partial charge in [-0.1, -0.05) is 73.7 Å². The van der Waals surface area contributed by atoms with Crippen LogP contribution in [0.2, 0.25) is 0 Å². The number of amides is 2. The number of benzene rings is 4. The van der Waals surface area contributed by atoms with E-state index in [1.54, 1.807) is 54.6 Å². The minimum absolute atomic E-state index is 0.0738. The summed E-state index contributed by atoms with van der Waals surface area (Å²) in [4.78, 5) is 25.2. The van der Waals surface area contributed by atoms with E-state index in [0.29, 0.717) is 29.9 Å². The van der Waals surface area contributed by atoms with E-state index in [1.165, 1.54) is 6.08 Å². The third-order valence-corrected chi connectivity index (χ3v) is 6.28. The van der Waals surface area contributed by atoms with Crippen molar-refractivity contribution in [1.82, 2.24) is 0 Å². The van der Waals surface area contributed by atoms with E-state index in [2.05, 4.69) is 10.6 Å². The fourth-order valence-corrected chi connectivity index (χ4v) is 4.25. The average Bonchev–Trinajstić information content (AvgIpc) is 2.92. The molecule has 0 bridgehead atoms. The number of para-hydroxylation sites is 2. The maximum Gasteiger partial charge on any atom is 0.412 e. The zero-order valence-electron chi connectivity index (χ0n) is 21.1. The normalized spacial score (nSPS) is 12.7. The summed E-state index contributed by atoms with van der Waals surface area (Å²) in [6.45, 7) is 1.99. The number of ether oxygens (including phenoxy) is 1. The summed E-state index contributed by atoms with van der Waals surface area (Å²) in [6, 6.07) is 27.2. The maximum absolute atomic E-state index is 13.0. The van der Waals surface area contributed by atoms with Crippen molar-refractivity contribution in [3.8, 4) is 5.75 Å². The van der Waals surface area contributed by atoms with Crippen molar-refractivity contribution in [3.63, 3.8) is 0 Å². The number of carbonyl (C=O) groups is 2. The first-order valence-electron chi connectivity index (χ1n) is 12.5. The van der Waals surface area contributed by atoms with E-state index in [4.69, 9.17) is 10.5 Å². The first kappa shape index (κ1) is 26.3. The third-order valence-electron chi connectivity index (χ3n) is 6.28. The molecule has 0 heterocycles. The molecule has 0 spiro atoms. The van der Waals surface area contributed by atoms with Crippen molar-refractivity contribution < 1.29 is 19.4 Å². The Balaban J connectivity index is 1.40. The lowest BCUT2D eigenvalue weighted by Gasteiger charge is -2.25. The van der Waals surface area contributed by atoms with Gasteiger partial charge in [-0.3, -0.25) is 10.1 Å². The zero-order valence-corrected chi connectivity index (χ0v) is 21.1. The molecule has 2 atom stereocenters. The number of aromatic hydroxyl groups is 1. The summed E-state index contributed by atoms with van der Waals surface area (Å²) in [5.41, 5.74) is 8.37. The molecule has 4 aromatic rings. The molecular weight excluding hydrogens is 478 g/mol. The molecular formula is C31H31N3O4. The fraction of sp³-hybridized carbons (Fsp3) is 0.161. The predicted octanol–water partition coefficient (Wildman–Crippen LogP) is 7.03. The molecule has 5 N–H and O–H groups in total. The minimum atomic E-state index is -0.568. The number of rotatable bonds is 9. The lowest BCUT2D eigenvalue weighted by atomic mass is 9.93. The molecule has 4 aromatic carbocycles. The summed E-state index contributed by atoms with van der Waals surface area (Å²) in [5.74, 6) is -0.208. The molecule has 7 nitrogen and oxygen atoms in total.